The summed E-state index contributed by atoms with van der Waals surface area (Å²) in [4.78, 5) is 2.61. The lowest BCUT2D eigenvalue weighted by atomic mass is 9.99. The van der Waals surface area contributed by atoms with Gasteiger partial charge in [-0.2, -0.15) is 13.5 Å². The van der Waals surface area contributed by atoms with Crippen molar-refractivity contribution < 1.29 is 26.8 Å². The van der Waals surface area contributed by atoms with Gasteiger partial charge in [0.2, 0.25) is 0 Å². The molecule has 0 amide bonds. The molecule has 1 aliphatic carbocycles. The molecule has 2 aliphatic rings. The lowest BCUT2D eigenvalue weighted by Gasteiger charge is -2.31. The maximum Gasteiger partial charge on any atom is 0.264 e. The summed E-state index contributed by atoms with van der Waals surface area (Å²) in [5.41, 5.74) is 6.17. The van der Waals surface area contributed by atoms with Crippen molar-refractivity contribution >= 4 is 21.3 Å². The summed E-state index contributed by atoms with van der Waals surface area (Å²) < 4.78 is 47.0. The highest BCUT2D eigenvalue weighted by Gasteiger charge is 2.30. The quantitative estimate of drug-likeness (QED) is 0.190. The molecule has 0 atom stereocenters. The Morgan fingerprint density at radius 3 is 2.27 bits per heavy atom. The Morgan fingerprint density at radius 1 is 1.02 bits per heavy atom. The molecule has 3 heterocycles. The highest BCUT2D eigenvalue weighted by Crippen LogP contribution is 2.42. The molecule has 2 fully saturated rings. The summed E-state index contributed by atoms with van der Waals surface area (Å²) >= 11 is 0. The highest BCUT2D eigenvalue weighted by atomic mass is 32.2. The first-order valence-corrected chi connectivity index (χ1v) is 16.6. The molecule has 5 rings (SSSR count). The zero-order valence-corrected chi connectivity index (χ0v) is 25.5. The van der Waals surface area contributed by atoms with E-state index >= 15 is 0 Å². The molecule has 1 saturated carbocycles. The predicted molar refractivity (Wildman–Crippen MR) is 161 cm³/mol. The lowest BCUT2D eigenvalue weighted by molar-refractivity contribution is 0.0681. The molecule has 2 aromatic heterocycles. The Labute approximate surface area is 243 Å². The Balaban J connectivity index is 1.52. The number of aryl methyl sites for hydroxylation is 2. The first-order valence-electron chi connectivity index (χ1n) is 14.7. The van der Waals surface area contributed by atoms with E-state index in [4.69, 9.17) is 23.5 Å². The number of methoxy groups -OCH3 is 2. The number of fused-ring (bicyclic) bond motifs is 1. The third kappa shape index (κ3) is 7.16. The van der Waals surface area contributed by atoms with Crippen LogP contribution < -0.4 is 14.4 Å². The van der Waals surface area contributed by atoms with Crippen LogP contribution >= 0.6 is 0 Å². The molecular formula is C31H43N3O6S. The maximum atomic E-state index is 11.3. The van der Waals surface area contributed by atoms with Gasteiger partial charge in [-0.15, -0.1) is 0 Å². The summed E-state index contributed by atoms with van der Waals surface area (Å²) in [5, 5.41) is 5.17. The van der Waals surface area contributed by atoms with Gasteiger partial charge < -0.3 is 19.1 Å². The monoisotopic (exact) mass is 585 g/mol. The van der Waals surface area contributed by atoms with Crippen molar-refractivity contribution in [2.45, 2.75) is 51.9 Å². The van der Waals surface area contributed by atoms with Gasteiger partial charge >= 0.3 is 0 Å². The summed E-state index contributed by atoms with van der Waals surface area (Å²) in [6.07, 6.45) is 7.90. The van der Waals surface area contributed by atoms with Crippen LogP contribution in [0.3, 0.4) is 0 Å². The Bertz CT molecular complexity index is 1420. The van der Waals surface area contributed by atoms with Crippen molar-refractivity contribution in [3.63, 3.8) is 0 Å². The van der Waals surface area contributed by atoms with Crippen molar-refractivity contribution in [1.29, 1.82) is 0 Å². The summed E-state index contributed by atoms with van der Waals surface area (Å²) in [5.74, 6) is 2.75. The fourth-order valence-corrected chi connectivity index (χ4v) is 6.26. The van der Waals surface area contributed by atoms with Gasteiger partial charge in [0.25, 0.3) is 10.1 Å². The number of hydrogen-bond donors (Lipinski definition) is 0. The van der Waals surface area contributed by atoms with Crippen LogP contribution in [0, 0.1) is 11.8 Å². The number of rotatable bonds is 14. The van der Waals surface area contributed by atoms with Gasteiger partial charge in [0.05, 0.1) is 55.2 Å². The van der Waals surface area contributed by atoms with Gasteiger partial charge in [0, 0.05) is 26.3 Å². The van der Waals surface area contributed by atoms with Gasteiger partial charge in [0.1, 0.15) is 11.5 Å². The van der Waals surface area contributed by atoms with E-state index in [-0.39, 0.29) is 6.61 Å². The van der Waals surface area contributed by atoms with E-state index in [1.807, 2.05) is 12.1 Å². The van der Waals surface area contributed by atoms with E-state index < -0.39 is 10.1 Å². The number of aromatic nitrogens is 2. The second-order valence-electron chi connectivity index (χ2n) is 11.3. The van der Waals surface area contributed by atoms with E-state index in [1.54, 1.807) is 14.2 Å². The molecular weight excluding hydrogens is 542 g/mol. The molecule has 0 unspecified atom stereocenters. The average molecular weight is 586 g/mol. The number of pyridine rings is 1. The molecule has 0 N–H and O–H groups in total. The molecule has 9 nitrogen and oxygen atoms in total. The zero-order chi connectivity index (χ0) is 29.0. The van der Waals surface area contributed by atoms with Crippen LogP contribution in [-0.4, -0.2) is 71.4 Å². The topological polar surface area (TPSA) is 91.6 Å². The van der Waals surface area contributed by atoms with Gasteiger partial charge in [-0.3, -0.25) is 4.18 Å². The number of anilines is 1. The number of benzene rings is 1. The van der Waals surface area contributed by atoms with Gasteiger partial charge in [-0.05, 0) is 86.6 Å². The standard InChI is InChI=1S/C31H43N3O6S/c1-5-25-31(33(20-22-11-12-22)21-23-13-16-39-17-14-23)27-10-6-9-26(34(27)32-25)30-28(37-2)18-24(19-29(30)38-3)8-7-15-40-41(4,35)36/h6,9-10,18-19,22-23H,5,7-8,11-17,20-21H2,1-4H3. The number of hydrogen-bond acceptors (Lipinski definition) is 8. The third-order valence-corrected chi connectivity index (χ3v) is 8.67. The van der Waals surface area contributed by atoms with Crippen LogP contribution in [0.4, 0.5) is 5.69 Å². The first-order chi connectivity index (χ1) is 19.8. The van der Waals surface area contributed by atoms with Gasteiger partial charge in [0.15, 0.2) is 0 Å². The summed E-state index contributed by atoms with van der Waals surface area (Å²) in [6.45, 7) is 6.11. The molecule has 1 aromatic carbocycles. The summed E-state index contributed by atoms with van der Waals surface area (Å²) in [6, 6.07) is 10.3. The average Bonchev–Trinajstić information content (AvgIpc) is 3.70. The normalized spacial score (nSPS) is 16.3. The van der Waals surface area contributed by atoms with Crippen LogP contribution in [0.2, 0.25) is 0 Å². The minimum atomic E-state index is -3.46. The van der Waals surface area contributed by atoms with Crippen LogP contribution in [0.1, 0.15) is 50.3 Å². The van der Waals surface area contributed by atoms with E-state index in [0.29, 0.717) is 30.3 Å². The zero-order valence-electron chi connectivity index (χ0n) is 24.7. The molecule has 1 aliphatic heterocycles. The molecule has 10 heteroatoms. The van der Waals surface area contributed by atoms with E-state index in [1.165, 1.54) is 18.5 Å². The van der Waals surface area contributed by atoms with Crippen molar-refractivity contribution in [3.05, 3.63) is 41.6 Å². The smallest absolute Gasteiger partial charge is 0.264 e. The number of nitrogens with zero attached hydrogens (tertiary/aromatic N) is 3. The van der Waals surface area contributed by atoms with Gasteiger partial charge in [-0.1, -0.05) is 13.0 Å². The second kappa shape index (κ2) is 13.0. The van der Waals surface area contributed by atoms with Crippen molar-refractivity contribution in [2.24, 2.45) is 11.8 Å². The minimum Gasteiger partial charge on any atom is -0.496 e. The molecule has 224 valence electrons. The van der Waals surface area contributed by atoms with Crippen LogP contribution in [0.5, 0.6) is 11.5 Å². The molecule has 0 spiro atoms. The first kappa shape index (κ1) is 29.7. The molecule has 1 saturated heterocycles. The predicted octanol–water partition coefficient (Wildman–Crippen LogP) is 5.13. The Kier molecular flexibility index (Phi) is 9.41. The van der Waals surface area contributed by atoms with E-state index in [0.717, 1.165) is 85.8 Å². The van der Waals surface area contributed by atoms with E-state index in [2.05, 4.69) is 34.5 Å². The number of ether oxygens (including phenoxy) is 3. The highest BCUT2D eigenvalue weighted by molar-refractivity contribution is 7.85. The third-order valence-electron chi connectivity index (χ3n) is 8.08. The Morgan fingerprint density at radius 2 is 1.68 bits per heavy atom. The molecule has 3 aromatic rings. The van der Waals surface area contributed by atoms with Crippen LogP contribution in [0.25, 0.3) is 16.8 Å². The van der Waals surface area contributed by atoms with Crippen LogP contribution in [-0.2, 0) is 31.9 Å². The second-order valence-corrected chi connectivity index (χ2v) is 12.9. The Hall–Kier alpha value is -2.82. The molecule has 0 bridgehead atoms. The van der Waals surface area contributed by atoms with Gasteiger partial charge in [-0.25, -0.2) is 4.52 Å². The maximum absolute atomic E-state index is 11.3. The van der Waals surface area contributed by atoms with Crippen LogP contribution in [0.15, 0.2) is 30.3 Å². The SMILES string of the molecule is CCc1nn2c(-c3c(OC)cc(CCCOS(C)(=O)=O)cc3OC)cccc2c1N(CC1CCOCC1)CC1CC1. The molecule has 41 heavy (non-hydrogen) atoms. The minimum absolute atomic E-state index is 0.131. The van der Waals surface area contributed by atoms with Crippen molar-refractivity contribution in [3.8, 4) is 22.8 Å². The van der Waals surface area contributed by atoms with Crippen molar-refractivity contribution in [2.75, 3.05) is 58.3 Å². The fraction of sp³-hybridized carbons (Fsp3) is 0.581. The molecule has 0 radical (unpaired) electrons. The summed E-state index contributed by atoms with van der Waals surface area (Å²) in [7, 11) is -0.140. The van der Waals surface area contributed by atoms with Crippen molar-refractivity contribution in [1.82, 2.24) is 9.61 Å². The largest absolute Gasteiger partial charge is 0.496 e. The fourth-order valence-electron chi connectivity index (χ4n) is 5.84. The van der Waals surface area contributed by atoms with E-state index in [9.17, 15) is 8.42 Å². The lowest BCUT2D eigenvalue weighted by Crippen LogP contribution is -2.34.